The van der Waals surface area contributed by atoms with Crippen molar-refractivity contribution < 1.29 is 4.74 Å². The molecule has 0 saturated carbocycles. The van der Waals surface area contributed by atoms with Crippen LogP contribution in [-0.2, 0) is 5.88 Å². The maximum atomic E-state index is 12.4. The second kappa shape index (κ2) is 5.60. The maximum Gasteiger partial charge on any atom is 0.255 e. The van der Waals surface area contributed by atoms with Crippen molar-refractivity contribution in [3.05, 3.63) is 69.6 Å². The Morgan fingerprint density at radius 3 is 2.74 bits per heavy atom. The van der Waals surface area contributed by atoms with Gasteiger partial charge in [-0.2, -0.15) is 5.26 Å². The van der Waals surface area contributed by atoms with E-state index >= 15 is 0 Å². The molecule has 0 radical (unpaired) electrons. The number of nitrogens with zero attached hydrogens (tertiary/aromatic N) is 2. The van der Waals surface area contributed by atoms with Gasteiger partial charge in [0.15, 0.2) is 0 Å². The number of fused-ring (bicyclic) bond motifs is 1. The van der Waals surface area contributed by atoms with E-state index in [0.29, 0.717) is 22.9 Å². The molecule has 2 aromatic rings. The van der Waals surface area contributed by atoms with Gasteiger partial charge in [0.05, 0.1) is 17.3 Å². The summed E-state index contributed by atoms with van der Waals surface area (Å²) in [6.45, 7) is 3.85. The SMILES string of the molecule is CC1(C)C=C(n2ccc(CCl)cc2=O)c2cc(C#N)ccc2O1. The number of hydrogen-bond acceptors (Lipinski definition) is 3. The van der Waals surface area contributed by atoms with Crippen molar-refractivity contribution in [1.29, 1.82) is 5.26 Å². The highest BCUT2D eigenvalue weighted by Gasteiger charge is 2.28. The van der Waals surface area contributed by atoms with E-state index in [4.69, 9.17) is 21.6 Å². The normalized spacial score (nSPS) is 15.1. The van der Waals surface area contributed by atoms with E-state index < -0.39 is 5.60 Å². The van der Waals surface area contributed by atoms with Crippen molar-refractivity contribution in [2.75, 3.05) is 0 Å². The zero-order valence-electron chi connectivity index (χ0n) is 12.8. The van der Waals surface area contributed by atoms with Crippen LogP contribution in [0.2, 0.25) is 0 Å². The molecule has 116 valence electrons. The van der Waals surface area contributed by atoms with Crippen molar-refractivity contribution in [1.82, 2.24) is 4.57 Å². The molecule has 4 nitrogen and oxygen atoms in total. The summed E-state index contributed by atoms with van der Waals surface area (Å²) < 4.78 is 7.49. The molecule has 0 N–H and O–H groups in total. The fraction of sp³-hybridized carbons (Fsp3) is 0.222. The first-order valence-electron chi connectivity index (χ1n) is 7.18. The van der Waals surface area contributed by atoms with Gasteiger partial charge in [-0.05, 0) is 49.8 Å². The summed E-state index contributed by atoms with van der Waals surface area (Å²) in [6, 6.07) is 10.6. The molecule has 1 aromatic heterocycles. The summed E-state index contributed by atoms with van der Waals surface area (Å²) in [5.41, 5.74) is 2.00. The maximum absolute atomic E-state index is 12.4. The van der Waals surface area contributed by atoms with E-state index in [9.17, 15) is 4.79 Å². The lowest BCUT2D eigenvalue weighted by Gasteiger charge is -2.31. The van der Waals surface area contributed by atoms with Crippen LogP contribution in [0.1, 0.15) is 30.5 Å². The lowest BCUT2D eigenvalue weighted by atomic mass is 9.97. The highest BCUT2D eigenvalue weighted by molar-refractivity contribution is 6.17. The lowest BCUT2D eigenvalue weighted by molar-refractivity contribution is 0.157. The molecule has 0 fully saturated rings. The van der Waals surface area contributed by atoms with E-state index in [1.807, 2.05) is 26.0 Å². The summed E-state index contributed by atoms with van der Waals surface area (Å²) >= 11 is 5.78. The number of hydrogen-bond donors (Lipinski definition) is 0. The Kier molecular flexibility index (Phi) is 3.75. The van der Waals surface area contributed by atoms with Crippen molar-refractivity contribution in [3.8, 4) is 11.8 Å². The van der Waals surface area contributed by atoms with E-state index in [1.54, 1.807) is 29.0 Å². The number of pyridine rings is 1. The molecule has 1 aliphatic rings. The predicted octanol–water partition coefficient (Wildman–Crippen LogP) is 3.52. The predicted molar refractivity (Wildman–Crippen MR) is 89.5 cm³/mol. The topological polar surface area (TPSA) is 55.0 Å². The Morgan fingerprint density at radius 1 is 1.30 bits per heavy atom. The third-order valence-corrected chi connectivity index (χ3v) is 3.95. The second-order valence-electron chi connectivity index (χ2n) is 5.93. The fourth-order valence-electron chi connectivity index (χ4n) is 2.61. The standard InChI is InChI=1S/C18H15ClN2O2/c1-18(2)9-15(21-6-5-12(10-19)8-17(21)22)14-7-13(11-20)3-4-16(14)23-18/h3-9H,10H2,1-2H3. The van der Waals surface area contributed by atoms with Crippen molar-refractivity contribution in [3.63, 3.8) is 0 Å². The minimum absolute atomic E-state index is 0.166. The molecule has 0 saturated heterocycles. The van der Waals surface area contributed by atoms with Crippen LogP contribution in [0.15, 0.2) is 47.4 Å². The summed E-state index contributed by atoms with van der Waals surface area (Å²) in [7, 11) is 0. The summed E-state index contributed by atoms with van der Waals surface area (Å²) in [5, 5.41) is 9.13. The van der Waals surface area contributed by atoms with Crippen LogP contribution in [0.3, 0.4) is 0 Å². The highest BCUT2D eigenvalue weighted by atomic mass is 35.5. The molecule has 1 aliphatic heterocycles. The lowest BCUT2D eigenvalue weighted by Crippen LogP contribution is -2.32. The van der Waals surface area contributed by atoms with Gasteiger partial charge < -0.3 is 4.74 Å². The summed E-state index contributed by atoms with van der Waals surface area (Å²) in [6.07, 6.45) is 3.59. The van der Waals surface area contributed by atoms with E-state index in [-0.39, 0.29) is 5.56 Å². The van der Waals surface area contributed by atoms with Gasteiger partial charge in [-0.15, -0.1) is 11.6 Å². The molecule has 1 aromatic carbocycles. The first-order chi connectivity index (χ1) is 10.9. The van der Waals surface area contributed by atoms with Gasteiger partial charge in [0.25, 0.3) is 5.56 Å². The molecular formula is C18H15ClN2O2. The van der Waals surface area contributed by atoms with E-state index in [2.05, 4.69) is 6.07 Å². The van der Waals surface area contributed by atoms with Crippen LogP contribution in [0.25, 0.3) is 5.70 Å². The Morgan fingerprint density at radius 2 is 2.09 bits per heavy atom. The molecular weight excluding hydrogens is 312 g/mol. The third kappa shape index (κ3) is 2.88. The molecule has 5 heteroatoms. The highest BCUT2D eigenvalue weighted by Crippen LogP contribution is 2.36. The van der Waals surface area contributed by atoms with Gasteiger partial charge >= 0.3 is 0 Å². The molecule has 3 rings (SSSR count). The Labute approximate surface area is 139 Å². The Hall–Kier alpha value is -2.51. The number of rotatable bonds is 2. The molecule has 0 bridgehead atoms. The van der Waals surface area contributed by atoms with Gasteiger partial charge in [-0.1, -0.05) is 0 Å². The van der Waals surface area contributed by atoms with Crippen LogP contribution < -0.4 is 10.3 Å². The minimum Gasteiger partial charge on any atom is -0.483 e. The van der Waals surface area contributed by atoms with Gasteiger partial charge in [0.2, 0.25) is 0 Å². The molecule has 0 aliphatic carbocycles. The number of nitriles is 1. The van der Waals surface area contributed by atoms with Crippen molar-refractivity contribution in [2.24, 2.45) is 0 Å². The number of alkyl halides is 1. The Balaban J connectivity index is 2.23. The molecule has 0 atom stereocenters. The third-order valence-electron chi connectivity index (χ3n) is 3.64. The van der Waals surface area contributed by atoms with Crippen LogP contribution in [0.4, 0.5) is 0 Å². The fourth-order valence-corrected chi connectivity index (χ4v) is 2.78. The zero-order chi connectivity index (χ0) is 16.6. The molecule has 0 unspecified atom stereocenters. The van der Waals surface area contributed by atoms with Crippen molar-refractivity contribution >= 4 is 17.3 Å². The summed E-state index contributed by atoms with van der Waals surface area (Å²) in [5.74, 6) is 0.943. The monoisotopic (exact) mass is 326 g/mol. The molecule has 0 spiro atoms. The number of aromatic nitrogens is 1. The quantitative estimate of drug-likeness (QED) is 0.793. The average molecular weight is 327 g/mol. The minimum atomic E-state index is -0.554. The number of halogens is 1. The van der Waals surface area contributed by atoms with E-state index in [0.717, 1.165) is 11.1 Å². The smallest absolute Gasteiger partial charge is 0.255 e. The Bertz CT molecular complexity index is 904. The molecule has 23 heavy (non-hydrogen) atoms. The first kappa shape index (κ1) is 15.4. The van der Waals surface area contributed by atoms with Crippen molar-refractivity contribution in [2.45, 2.75) is 25.3 Å². The van der Waals surface area contributed by atoms with Crippen LogP contribution >= 0.6 is 11.6 Å². The van der Waals surface area contributed by atoms with Gasteiger partial charge in [0, 0.05) is 23.7 Å². The van der Waals surface area contributed by atoms with Gasteiger partial charge in [-0.25, -0.2) is 0 Å². The largest absolute Gasteiger partial charge is 0.483 e. The first-order valence-corrected chi connectivity index (χ1v) is 7.71. The van der Waals surface area contributed by atoms with Crippen LogP contribution in [-0.4, -0.2) is 10.2 Å². The van der Waals surface area contributed by atoms with Gasteiger partial charge in [0.1, 0.15) is 11.4 Å². The second-order valence-corrected chi connectivity index (χ2v) is 6.20. The molecule has 2 heterocycles. The van der Waals surface area contributed by atoms with Crippen LogP contribution in [0, 0.1) is 11.3 Å². The zero-order valence-corrected chi connectivity index (χ0v) is 13.6. The molecule has 0 amide bonds. The van der Waals surface area contributed by atoms with E-state index in [1.165, 1.54) is 6.07 Å². The average Bonchev–Trinajstić information content (AvgIpc) is 2.53. The van der Waals surface area contributed by atoms with Gasteiger partial charge in [-0.3, -0.25) is 9.36 Å². The summed E-state index contributed by atoms with van der Waals surface area (Å²) in [4.78, 5) is 12.4. The number of ether oxygens (including phenoxy) is 1. The van der Waals surface area contributed by atoms with Crippen LogP contribution in [0.5, 0.6) is 5.75 Å². The number of benzene rings is 1.